The van der Waals surface area contributed by atoms with Gasteiger partial charge in [-0.2, -0.15) is 10.5 Å². The van der Waals surface area contributed by atoms with Crippen molar-refractivity contribution in [1.29, 1.82) is 10.5 Å². The number of nitriles is 2. The fourth-order valence-corrected chi connectivity index (χ4v) is 6.34. The zero-order valence-corrected chi connectivity index (χ0v) is 17.1. The Kier molecular flexibility index (Phi) is 5.40. The molecule has 3 aromatic rings. The summed E-state index contributed by atoms with van der Waals surface area (Å²) in [5.41, 5.74) is 0.138. The lowest BCUT2D eigenvalue weighted by Crippen LogP contribution is -2.28. The van der Waals surface area contributed by atoms with Gasteiger partial charge in [-0.25, -0.2) is 0 Å². The summed E-state index contributed by atoms with van der Waals surface area (Å²) in [6, 6.07) is 16.7. The van der Waals surface area contributed by atoms with E-state index in [2.05, 4.69) is 35.2 Å². The monoisotopic (exact) mass is 407 g/mol. The Balaban J connectivity index is 1.53. The average Bonchev–Trinajstić information content (AvgIpc) is 3.46. The molecule has 27 heavy (non-hydrogen) atoms. The number of allylic oxidation sites excluding steroid dienone is 1. The number of anilines is 1. The van der Waals surface area contributed by atoms with Crippen molar-refractivity contribution in [1.82, 2.24) is 0 Å². The Hall–Kier alpha value is -2.38. The van der Waals surface area contributed by atoms with Gasteiger partial charge in [-0.15, -0.1) is 34.0 Å². The average molecular weight is 408 g/mol. The van der Waals surface area contributed by atoms with Gasteiger partial charge < -0.3 is 4.90 Å². The SMILES string of the molecule is N#CC(C#N)=Cc1ccc(-c2ccc(-c3ccc(N4CCCCC4)s3)s2)s1. The van der Waals surface area contributed by atoms with Crippen LogP contribution < -0.4 is 4.90 Å². The van der Waals surface area contributed by atoms with Gasteiger partial charge in [0.25, 0.3) is 0 Å². The highest BCUT2D eigenvalue weighted by molar-refractivity contribution is 7.27. The first-order valence-electron chi connectivity index (χ1n) is 8.84. The lowest BCUT2D eigenvalue weighted by molar-refractivity contribution is 0.580. The molecule has 6 heteroatoms. The van der Waals surface area contributed by atoms with E-state index in [0.717, 1.165) is 4.88 Å². The molecule has 0 radical (unpaired) electrons. The van der Waals surface area contributed by atoms with Gasteiger partial charge in [-0.05, 0) is 61.7 Å². The van der Waals surface area contributed by atoms with E-state index in [1.54, 1.807) is 28.7 Å². The number of piperidine rings is 1. The van der Waals surface area contributed by atoms with Crippen LogP contribution in [0.5, 0.6) is 0 Å². The van der Waals surface area contributed by atoms with Crippen LogP contribution in [0.4, 0.5) is 5.00 Å². The minimum Gasteiger partial charge on any atom is -0.363 e. The van der Waals surface area contributed by atoms with Crippen LogP contribution in [0.25, 0.3) is 25.6 Å². The topological polar surface area (TPSA) is 50.8 Å². The zero-order valence-electron chi connectivity index (χ0n) is 14.6. The van der Waals surface area contributed by atoms with Crippen LogP contribution in [0, 0.1) is 22.7 Å². The van der Waals surface area contributed by atoms with Crippen LogP contribution in [-0.2, 0) is 0 Å². The quantitative estimate of drug-likeness (QED) is 0.456. The maximum absolute atomic E-state index is 8.90. The summed E-state index contributed by atoms with van der Waals surface area (Å²) in [6.07, 6.45) is 5.59. The summed E-state index contributed by atoms with van der Waals surface area (Å²) in [5.74, 6) is 0. The summed E-state index contributed by atoms with van der Waals surface area (Å²) in [4.78, 5) is 8.44. The van der Waals surface area contributed by atoms with Gasteiger partial charge in [0.2, 0.25) is 0 Å². The molecular weight excluding hydrogens is 390 g/mol. The second kappa shape index (κ2) is 8.10. The first kappa shape index (κ1) is 18.0. The molecule has 3 aromatic heterocycles. The van der Waals surface area contributed by atoms with E-state index in [0.29, 0.717) is 0 Å². The Morgan fingerprint density at radius 3 is 2.07 bits per heavy atom. The molecule has 4 rings (SSSR count). The molecule has 0 spiro atoms. The molecule has 0 atom stereocenters. The molecule has 0 N–H and O–H groups in total. The molecule has 0 amide bonds. The van der Waals surface area contributed by atoms with Gasteiger partial charge in [-0.1, -0.05) is 0 Å². The van der Waals surface area contributed by atoms with Gasteiger partial charge in [0.05, 0.1) is 5.00 Å². The molecule has 1 fully saturated rings. The predicted octanol–water partition coefficient (Wildman–Crippen LogP) is 6.63. The molecule has 0 bridgehead atoms. The van der Waals surface area contributed by atoms with E-state index >= 15 is 0 Å². The Bertz CT molecular complexity index is 1030. The van der Waals surface area contributed by atoms with Gasteiger partial charge in [0.1, 0.15) is 17.7 Å². The fourth-order valence-electron chi connectivity index (χ4n) is 3.14. The number of nitrogens with zero attached hydrogens (tertiary/aromatic N) is 3. The molecule has 1 aliphatic heterocycles. The molecule has 0 aliphatic carbocycles. The van der Waals surface area contributed by atoms with E-state index in [1.807, 2.05) is 29.5 Å². The molecule has 0 saturated carbocycles. The maximum atomic E-state index is 8.90. The molecule has 0 unspecified atom stereocenters. The van der Waals surface area contributed by atoms with Crippen molar-refractivity contribution in [3.05, 3.63) is 46.8 Å². The second-order valence-electron chi connectivity index (χ2n) is 6.33. The van der Waals surface area contributed by atoms with Crippen molar-refractivity contribution in [3.8, 4) is 31.6 Å². The highest BCUT2D eigenvalue weighted by Crippen LogP contribution is 2.42. The van der Waals surface area contributed by atoms with Crippen molar-refractivity contribution >= 4 is 45.1 Å². The smallest absolute Gasteiger partial charge is 0.131 e. The zero-order chi connectivity index (χ0) is 18.6. The lowest BCUT2D eigenvalue weighted by atomic mass is 10.1. The van der Waals surface area contributed by atoms with Crippen LogP contribution in [0.15, 0.2) is 42.0 Å². The van der Waals surface area contributed by atoms with Crippen LogP contribution in [0.3, 0.4) is 0 Å². The molecule has 0 aromatic carbocycles. The van der Waals surface area contributed by atoms with E-state index in [1.165, 1.54) is 56.9 Å². The summed E-state index contributed by atoms with van der Waals surface area (Å²) < 4.78 is 0. The largest absolute Gasteiger partial charge is 0.363 e. The number of hydrogen-bond donors (Lipinski definition) is 0. The van der Waals surface area contributed by atoms with Crippen molar-refractivity contribution in [2.45, 2.75) is 19.3 Å². The third-order valence-corrected chi connectivity index (χ3v) is 8.16. The number of hydrogen-bond acceptors (Lipinski definition) is 6. The van der Waals surface area contributed by atoms with E-state index < -0.39 is 0 Å². The first-order valence-corrected chi connectivity index (χ1v) is 11.3. The molecule has 4 heterocycles. The van der Waals surface area contributed by atoms with Crippen LogP contribution in [-0.4, -0.2) is 13.1 Å². The first-order chi connectivity index (χ1) is 13.3. The van der Waals surface area contributed by atoms with Gasteiger partial charge in [0.15, 0.2) is 0 Å². The molecule has 1 saturated heterocycles. The number of rotatable bonds is 4. The molecule has 1 aliphatic rings. The van der Waals surface area contributed by atoms with Crippen molar-refractivity contribution in [2.75, 3.05) is 18.0 Å². The van der Waals surface area contributed by atoms with Gasteiger partial charge >= 0.3 is 0 Å². The lowest BCUT2D eigenvalue weighted by Gasteiger charge is -2.27. The van der Waals surface area contributed by atoms with E-state index in [4.69, 9.17) is 10.5 Å². The fraction of sp³-hybridized carbons (Fsp3) is 0.238. The Labute approximate surface area is 171 Å². The summed E-state index contributed by atoms with van der Waals surface area (Å²) >= 11 is 5.28. The van der Waals surface area contributed by atoms with Crippen molar-refractivity contribution in [2.24, 2.45) is 0 Å². The normalized spacial score (nSPS) is 13.8. The molecule has 134 valence electrons. The van der Waals surface area contributed by atoms with Gasteiger partial charge in [-0.3, -0.25) is 0 Å². The van der Waals surface area contributed by atoms with Crippen LogP contribution >= 0.6 is 34.0 Å². The third-order valence-electron chi connectivity index (χ3n) is 4.51. The molecular formula is C21H17N3S3. The maximum Gasteiger partial charge on any atom is 0.131 e. The standard InChI is InChI=1S/C21H17N3S3/c22-13-15(14-23)12-16-4-5-17(25-16)18-6-7-19(26-18)20-8-9-21(27-20)24-10-2-1-3-11-24/h4-9,12H,1-3,10-11H2. The Morgan fingerprint density at radius 1 is 0.778 bits per heavy atom. The summed E-state index contributed by atoms with van der Waals surface area (Å²) in [6.45, 7) is 2.35. The van der Waals surface area contributed by atoms with Gasteiger partial charge in [0, 0.05) is 37.5 Å². The highest BCUT2D eigenvalue weighted by atomic mass is 32.1. The number of thiophene rings is 3. The van der Waals surface area contributed by atoms with E-state index in [9.17, 15) is 0 Å². The minimum atomic E-state index is 0.138. The van der Waals surface area contributed by atoms with Crippen LogP contribution in [0.1, 0.15) is 24.1 Å². The molecule has 3 nitrogen and oxygen atoms in total. The third kappa shape index (κ3) is 3.99. The highest BCUT2D eigenvalue weighted by Gasteiger charge is 2.15. The van der Waals surface area contributed by atoms with Crippen molar-refractivity contribution in [3.63, 3.8) is 0 Å². The van der Waals surface area contributed by atoms with Crippen LogP contribution in [0.2, 0.25) is 0 Å². The predicted molar refractivity (Wildman–Crippen MR) is 116 cm³/mol. The van der Waals surface area contributed by atoms with E-state index in [-0.39, 0.29) is 5.57 Å². The minimum absolute atomic E-state index is 0.138. The second-order valence-corrected chi connectivity index (χ2v) is 9.59. The summed E-state index contributed by atoms with van der Waals surface area (Å²) in [5, 5.41) is 19.2. The van der Waals surface area contributed by atoms with Crippen molar-refractivity contribution < 1.29 is 0 Å². The summed E-state index contributed by atoms with van der Waals surface area (Å²) in [7, 11) is 0. The Morgan fingerprint density at radius 2 is 1.37 bits per heavy atom.